The molecule has 59 heavy (non-hydrogen) atoms. The van der Waals surface area contributed by atoms with E-state index in [0.29, 0.717) is 11.8 Å². The Bertz CT molecular complexity index is 3050. The Morgan fingerprint density at radius 2 is 1.19 bits per heavy atom. The first kappa shape index (κ1) is 37.3. The zero-order valence-corrected chi connectivity index (χ0v) is 35.4. The molecule has 1 aliphatic carbocycles. The molecule has 0 aliphatic heterocycles. The summed E-state index contributed by atoms with van der Waals surface area (Å²) in [6.45, 7) is 0. The smallest absolute Gasteiger partial charge is 0.346 e. The van der Waals surface area contributed by atoms with E-state index in [2.05, 4.69) is 180 Å². The molecule has 0 unspecified atom stereocenters. The third-order valence-electron chi connectivity index (χ3n) is 12.1. The van der Waals surface area contributed by atoms with Crippen LogP contribution in [0, 0.1) is 12.1 Å². The van der Waals surface area contributed by atoms with Crippen LogP contribution in [0.4, 0.5) is 0 Å². The fourth-order valence-corrected chi connectivity index (χ4v) is 10.0. The van der Waals surface area contributed by atoms with Crippen LogP contribution in [0.15, 0.2) is 176 Å². The molecule has 0 amide bonds. The Morgan fingerprint density at radius 3 is 1.95 bits per heavy atom. The Balaban J connectivity index is 0.00000420. The summed E-state index contributed by atoms with van der Waals surface area (Å²) in [6, 6.07) is 68.8. The normalized spacial score (nSPS) is 15.4. The summed E-state index contributed by atoms with van der Waals surface area (Å²) in [5.41, 5.74) is 14.8. The van der Waals surface area contributed by atoms with Gasteiger partial charge in [0.1, 0.15) is 0 Å². The van der Waals surface area contributed by atoms with Crippen molar-refractivity contribution in [1.82, 2.24) is 14.5 Å². The molecular weight excluding hydrogens is 918 g/mol. The molecule has 3 nitrogen and oxygen atoms in total. The van der Waals surface area contributed by atoms with Gasteiger partial charge in [0.25, 0.3) is 0 Å². The second-order valence-corrected chi connectivity index (χ2v) is 16.5. The number of fused-ring (bicyclic) bond motifs is 4. The zero-order chi connectivity index (χ0) is 38.4. The number of thiazole rings is 1. The molecule has 0 N–H and O–H groups in total. The first-order valence-electron chi connectivity index (χ1n) is 20.3. The number of hydrogen-bond donors (Lipinski definition) is 0. The van der Waals surface area contributed by atoms with Crippen LogP contribution in [-0.2, 0) is 21.1 Å². The number of aromatic nitrogens is 3. The zero-order valence-electron chi connectivity index (χ0n) is 32.3. The number of hydrogen-bond acceptors (Lipinski definition) is 3. The predicted octanol–water partition coefficient (Wildman–Crippen LogP) is 14.5. The number of pyridine rings is 1. The van der Waals surface area contributed by atoms with Crippen molar-refractivity contribution in [2.24, 2.45) is 0 Å². The standard InChI is InChI=1S/C54H39N3S.Pt/c1-3-11-36(12-4-1)38-18-22-40(23-19-38)42-27-29-50-53(35-42)58-54(56-50)43-26-28-48-47-15-7-8-17-51(47)57(52(48)34-43)46-32-44(31-45(33-46)49-16-9-10-30-55-49)41-24-20-39(21-25-41)37-13-5-2-6-14-37;/h1-19,22-23,26-32,35,39,41H,20-21,24-25H2;/q-2;+2. The van der Waals surface area contributed by atoms with E-state index in [4.69, 9.17) is 9.97 Å². The fraction of sp³-hybridized carbons (Fsp3) is 0.111. The van der Waals surface area contributed by atoms with E-state index in [1.165, 1.54) is 57.0 Å². The molecule has 0 atom stereocenters. The van der Waals surface area contributed by atoms with Crippen LogP contribution in [0.1, 0.15) is 48.6 Å². The molecule has 10 aromatic rings. The summed E-state index contributed by atoms with van der Waals surface area (Å²) in [5.74, 6) is 1.09. The molecule has 0 spiro atoms. The fourth-order valence-electron chi connectivity index (χ4n) is 9.05. The van der Waals surface area contributed by atoms with Crippen molar-refractivity contribution in [3.05, 3.63) is 199 Å². The summed E-state index contributed by atoms with van der Waals surface area (Å²) in [6.07, 6.45) is 6.58. The van der Waals surface area contributed by atoms with E-state index in [1.54, 1.807) is 11.3 Å². The Morgan fingerprint density at radius 1 is 0.525 bits per heavy atom. The molecule has 11 rings (SSSR count). The first-order chi connectivity index (χ1) is 28.7. The molecule has 7 aromatic carbocycles. The second kappa shape index (κ2) is 16.0. The summed E-state index contributed by atoms with van der Waals surface area (Å²) < 4.78 is 3.53. The van der Waals surface area contributed by atoms with Crippen molar-refractivity contribution in [2.45, 2.75) is 37.5 Å². The number of rotatable bonds is 7. The van der Waals surface area contributed by atoms with Gasteiger partial charge in [-0.2, -0.15) is 11.3 Å². The Hall–Kier alpha value is -5.93. The first-order valence-corrected chi connectivity index (χ1v) is 21.1. The summed E-state index contributed by atoms with van der Waals surface area (Å²) >= 11 is 1.73. The number of para-hydroxylation sites is 1. The molecule has 286 valence electrons. The van der Waals surface area contributed by atoms with Gasteiger partial charge in [0.15, 0.2) is 0 Å². The Kier molecular flexibility index (Phi) is 10.1. The summed E-state index contributed by atoms with van der Waals surface area (Å²) in [7, 11) is 0. The molecule has 0 radical (unpaired) electrons. The molecule has 0 saturated heterocycles. The van der Waals surface area contributed by atoms with Gasteiger partial charge in [-0.1, -0.05) is 127 Å². The average Bonchev–Trinajstić information content (AvgIpc) is 3.89. The van der Waals surface area contributed by atoms with E-state index < -0.39 is 0 Å². The van der Waals surface area contributed by atoms with E-state index in [-0.39, 0.29) is 21.1 Å². The van der Waals surface area contributed by atoms with E-state index in [9.17, 15) is 0 Å². The topological polar surface area (TPSA) is 30.7 Å². The maximum Gasteiger partial charge on any atom is 2.00 e. The minimum Gasteiger partial charge on any atom is -0.346 e. The monoisotopic (exact) mass is 956 g/mol. The van der Waals surface area contributed by atoms with Crippen molar-refractivity contribution in [2.75, 3.05) is 0 Å². The van der Waals surface area contributed by atoms with Gasteiger partial charge in [0.05, 0.1) is 5.52 Å². The quantitative estimate of drug-likeness (QED) is 0.149. The number of nitrogens with zero attached hydrogens (tertiary/aromatic N) is 3. The number of benzene rings is 7. The van der Waals surface area contributed by atoms with Gasteiger partial charge in [-0.25, -0.2) is 0 Å². The molecule has 5 heteroatoms. The van der Waals surface area contributed by atoms with Gasteiger partial charge in [0.2, 0.25) is 0 Å². The van der Waals surface area contributed by atoms with Crippen molar-refractivity contribution < 1.29 is 21.1 Å². The van der Waals surface area contributed by atoms with Gasteiger partial charge in [-0.3, -0.25) is 4.98 Å². The van der Waals surface area contributed by atoms with Crippen LogP contribution in [0.3, 0.4) is 0 Å². The van der Waals surface area contributed by atoms with Crippen molar-refractivity contribution >= 4 is 43.4 Å². The minimum absolute atomic E-state index is 0. The third kappa shape index (κ3) is 7.15. The maximum atomic E-state index is 5.15. The second-order valence-electron chi connectivity index (χ2n) is 15.5. The minimum atomic E-state index is 0. The summed E-state index contributed by atoms with van der Waals surface area (Å²) in [5, 5.41) is 3.34. The third-order valence-corrected chi connectivity index (χ3v) is 13.1. The van der Waals surface area contributed by atoms with E-state index in [0.717, 1.165) is 61.6 Å². The van der Waals surface area contributed by atoms with E-state index >= 15 is 0 Å². The molecular formula is C54H39N3PtS. The van der Waals surface area contributed by atoms with Gasteiger partial charge < -0.3 is 9.55 Å². The van der Waals surface area contributed by atoms with Crippen LogP contribution in [0.2, 0.25) is 0 Å². The molecule has 3 heterocycles. The molecule has 1 aliphatic rings. The van der Waals surface area contributed by atoms with Gasteiger partial charge in [-0.15, -0.1) is 53.1 Å². The largest absolute Gasteiger partial charge is 2.00 e. The van der Waals surface area contributed by atoms with E-state index in [1.807, 2.05) is 12.3 Å². The van der Waals surface area contributed by atoms with Crippen LogP contribution in [0.5, 0.6) is 0 Å². The van der Waals surface area contributed by atoms with Crippen LogP contribution < -0.4 is 0 Å². The Labute approximate surface area is 363 Å². The van der Waals surface area contributed by atoms with Gasteiger partial charge >= 0.3 is 21.1 Å². The predicted molar refractivity (Wildman–Crippen MR) is 242 cm³/mol. The van der Waals surface area contributed by atoms with Crippen molar-refractivity contribution in [1.29, 1.82) is 0 Å². The molecule has 3 aromatic heterocycles. The van der Waals surface area contributed by atoms with Crippen molar-refractivity contribution in [3.63, 3.8) is 0 Å². The van der Waals surface area contributed by atoms with Crippen molar-refractivity contribution in [3.8, 4) is 49.8 Å². The van der Waals surface area contributed by atoms with Crippen LogP contribution in [-0.4, -0.2) is 14.5 Å². The van der Waals surface area contributed by atoms with Crippen LogP contribution >= 0.6 is 11.3 Å². The molecule has 0 bridgehead atoms. The van der Waals surface area contributed by atoms with Gasteiger partial charge in [0, 0.05) is 21.4 Å². The van der Waals surface area contributed by atoms with Gasteiger partial charge in [-0.05, 0) is 112 Å². The summed E-state index contributed by atoms with van der Waals surface area (Å²) in [4.78, 5) is 9.95. The maximum absolute atomic E-state index is 5.15. The molecule has 1 saturated carbocycles. The average molecular weight is 957 g/mol. The SMILES string of the molecule is [Pt+2].[c-]1c(-c2ccccn2)cc(C2CCC(c3ccccc3)CC2)cc1-n1c2[c-]c(-c3nc4ccc(-c5ccc(-c6ccccc6)cc5)cc4s3)ccc2c2ccccc21. The molecule has 1 fully saturated rings. The van der Waals surface area contributed by atoms with Crippen LogP contribution in [0.25, 0.3) is 81.8 Å².